The van der Waals surface area contributed by atoms with Gasteiger partial charge in [0.1, 0.15) is 6.04 Å². The fourth-order valence-corrected chi connectivity index (χ4v) is 3.29. The molecule has 2 heterocycles. The average Bonchev–Trinajstić information content (AvgIpc) is 2.91. The third kappa shape index (κ3) is 3.77. The van der Waals surface area contributed by atoms with Crippen LogP contribution < -0.4 is 16.4 Å². The van der Waals surface area contributed by atoms with Gasteiger partial charge in [-0.2, -0.15) is 0 Å². The molecule has 0 aliphatic carbocycles. The zero-order valence-electron chi connectivity index (χ0n) is 14.7. The average molecular weight is 360 g/mol. The van der Waals surface area contributed by atoms with Gasteiger partial charge >= 0.3 is 0 Å². The summed E-state index contributed by atoms with van der Waals surface area (Å²) >= 11 is 0. The Hall–Kier alpha value is -2.29. The number of rotatable bonds is 6. The van der Waals surface area contributed by atoms with Gasteiger partial charge in [-0.1, -0.05) is 12.1 Å². The van der Waals surface area contributed by atoms with E-state index in [1.165, 1.54) is 4.90 Å². The zero-order chi connectivity index (χ0) is 18.9. The Kier molecular flexibility index (Phi) is 5.08. The standard InChI is InChI=1S/C18H24N4O4/c1-18(19,10-23)9-20-7-11-2-3-13-12(6-11)8-22(17(13)26)14-4-5-15(24)21-16(14)25/h2-3,6,14,20,23H,4-5,7-10,19H2,1H3,(H,21,24,25). The summed E-state index contributed by atoms with van der Waals surface area (Å²) in [6.07, 6.45) is 0.601. The van der Waals surface area contributed by atoms with Crippen LogP contribution in [0.3, 0.4) is 0 Å². The molecule has 0 bridgehead atoms. The number of hydrogen-bond donors (Lipinski definition) is 4. The number of nitrogens with one attached hydrogen (secondary N) is 2. The minimum Gasteiger partial charge on any atom is -0.394 e. The SMILES string of the molecule is CC(N)(CO)CNCc1ccc2c(c1)CN(C1CCC(=O)NC1=O)C2=O. The normalized spacial score (nSPS) is 22.2. The molecule has 8 nitrogen and oxygen atoms in total. The predicted molar refractivity (Wildman–Crippen MR) is 93.9 cm³/mol. The largest absolute Gasteiger partial charge is 0.394 e. The van der Waals surface area contributed by atoms with Gasteiger partial charge in [0.25, 0.3) is 5.91 Å². The van der Waals surface area contributed by atoms with Crippen LogP contribution in [0, 0.1) is 0 Å². The van der Waals surface area contributed by atoms with Crippen molar-refractivity contribution in [2.75, 3.05) is 13.2 Å². The molecule has 8 heteroatoms. The molecule has 3 amide bonds. The number of fused-ring (bicyclic) bond motifs is 1. The van der Waals surface area contributed by atoms with Crippen LogP contribution in [-0.2, 0) is 22.7 Å². The van der Waals surface area contributed by atoms with Crippen molar-refractivity contribution < 1.29 is 19.5 Å². The number of imide groups is 1. The zero-order valence-corrected chi connectivity index (χ0v) is 14.7. The van der Waals surface area contributed by atoms with Crippen molar-refractivity contribution in [2.24, 2.45) is 5.73 Å². The van der Waals surface area contributed by atoms with E-state index in [4.69, 9.17) is 5.73 Å². The first-order valence-corrected chi connectivity index (χ1v) is 8.68. The van der Waals surface area contributed by atoms with Gasteiger partial charge in [-0.15, -0.1) is 0 Å². The first-order chi connectivity index (χ1) is 12.3. The van der Waals surface area contributed by atoms with Crippen molar-refractivity contribution in [3.8, 4) is 0 Å². The van der Waals surface area contributed by atoms with Gasteiger partial charge in [0.2, 0.25) is 11.8 Å². The molecule has 2 aliphatic rings. The second-order valence-electron chi connectivity index (χ2n) is 7.31. The predicted octanol–water partition coefficient (Wildman–Crippen LogP) is -0.753. The van der Waals surface area contributed by atoms with E-state index in [0.717, 1.165) is 11.1 Å². The molecule has 2 atom stereocenters. The second-order valence-corrected chi connectivity index (χ2v) is 7.31. The van der Waals surface area contributed by atoms with Gasteiger partial charge in [-0.25, -0.2) is 0 Å². The lowest BCUT2D eigenvalue weighted by atomic mass is 10.0. The van der Waals surface area contributed by atoms with Crippen molar-refractivity contribution in [1.29, 1.82) is 0 Å². The maximum absolute atomic E-state index is 12.6. The number of carbonyl (C=O) groups is 3. The van der Waals surface area contributed by atoms with Gasteiger partial charge in [0.05, 0.1) is 6.61 Å². The monoisotopic (exact) mass is 360 g/mol. The number of aliphatic hydroxyl groups excluding tert-OH is 1. The molecule has 2 unspecified atom stereocenters. The molecular weight excluding hydrogens is 336 g/mol. The lowest BCUT2D eigenvalue weighted by Gasteiger charge is -2.29. The minimum atomic E-state index is -0.685. The third-order valence-electron chi connectivity index (χ3n) is 4.81. The minimum absolute atomic E-state index is 0.112. The van der Waals surface area contributed by atoms with Crippen LogP contribution in [0.1, 0.15) is 41.3 Å². The number of nitrogens with two attached hydrogens (primary N) is 1. The van der Waals surface area contributed by atoms with Crippen molar-refractivity contribution in [1.82, 2.24) is 15.5 Å². The van der Waals surface area contributed by atoms with Crippen molar-refractivity contribution in [3.63, 3.8) is 0 Å². The number of nitrogens with zero attached hydrogens (tertiary/aromatic N) is 1. The van der Waals surface area contributed by atoms with E-state index in [1.54, 1.807) is 13.0 Å². The Balaban J connectivity index is 1.66. The Morgan fingerprint density at radius 1 is 1.38 bits per heavy atom. The fraction of sp³-hybridized carbons (Fsp3) is 0.500. The molecule has 1 fully saturated rings. The number of piperidine rings is 1. The summed E-state index contributed by atoms with van der Waals surface area (Å²) in [6.45, 7) is 3.03. The second kappa shape index (κ2) is 7.14. The number of amides is 3. The summed E-state index contributed by atoms with van der Waals surface area (Å²) in [4.78, 5) is 37.5. The van der Waals surface area contributed by atoms with Crippen LogP contribution in [0.4, 0.5) is 0 Å². The van der Waals surface area contributed by atoms with Crippen LogP contribution in [0.15, 0.2) is 18.2 Å². The number of benzene rings is 1. The van der Waals surface area contributed by atoms with Gasteiger partial charge in [0.15, 0.2) is 0 Å². The highest BCUT2D eigenvalue weighted by atomic mass is 16.3. The maximum Gasteiger partial charge on any atom is 0.255 e. The van der Waals surface area contributed by atoms with E-state index in [9.17, 15) is 19.5 Å². The van der Waals surface area contributed by atoms with Crippen LogP contribution >= 0.6 is 0 Å². The third-order valence-corrected chi connectivity index (χ3v) is 4.81. The summed E-state index contributed by atoms with van der Waals surface area (Å²) in [5, 5.41) is 14.7. The van der Waals surface area contributed by atoms with E-state index in [1.807, 2.05) is 12.1 Å². The first-order valence-electron chi connectivity index (χ1n) is 8.68. The highest BCUT2D eigenvalue weighted by Gasteiger charge is 2.39. The van der Waals surface area contributed by atoms with E-state index in [0.29, 0.717) is 31.6 Å². The van der Waals surface area contributed by atoms with Crippen molar-refractivity contribution in [3.05, 3.63) is 34.9 Å². The van der Waals surface area contributed by atoms with E-state index in [2.05, 4.69) is 10.6 Å². The van der Waals surface area contributed by atoms with E-state index in [-0.39, 0.29) is 24.8 Å². The van der Waals surface area contributed by atoms with Gasteiger partial charge in [-0.05, 0) is 30.5 Å². The van der Waals surface area contributed by atoms with Crippen LogP contribution in [0.25, 0.3) is 0 Å². The Morgan fingerprint density at radius 3 is 2.85 bits per heavy atom. The Labute approximate surface area is 151 Å². The van der Waals surface area contributed by atoms with Crippen LogP contribution in [0.5, 0.6) is 0 Å². The molecule has 26 heavy (non-hydrogen) atoms. The summed E-state index contributed by atoms with van der Waals surface area (Å²) in [6, 6.07) is 4.98. The molecule has 0 radical (unpaired) electrons. The van der Waals surface area contributed by atoms with Crippen LogP contribution in [0.2, 0.25) is 0 Å². The summed E-state index contributed by atoms with van der Waals surface area (Å²) in [5.41, 5.74) is 7.66. The highest BCUT2D eigenvalue weighted by molar-refractivity contribution is 6.05. The molecular formula is C18H24N4O4. The van der Waals surface area contributed by atoms with E-state index < -0.39 is 17.5 Å². The molecule has 1 aromatic carbocycles. The van der Waals surface area contributed by atoms with Crippen LogP contribution in [-0.4, -0.2) is 52.5 Å². The summed E-state index contributed by atoms with van der Waals surface area (Å²) in [7, 11) is 0. The molecule has 0 aromatic heterocycles. The Morgan fingerprint density at radius 2 is 2.15 bits per heavy atom. The maximum atomic E-state index is 12.6. The quantitative estimate of drug-likeness (QED) is 0.495. The summed E-state index contributed by atoms with van der Waals surface area (Å²) in [5.74, 6) is -0.877. The molecule has 0 saturated carbocycles. The summed E-state index contributed by atoms with van der Waals surface area (Å²) < 4.78 is 0. The molecule has 2 aliphatic heterocycles. The van der Waals surface area contributed by atoms with Gasteiger partial charge in [-0.3, -0.25) is 19.7 Å². The molecule has 0 spiro atoms. The lowest BCUT2D eigenvalue weighted by molar-refractivity contribution is -0.136. The topological polar surface area (TPSA) is 125 Å². The Bertz CT molecular complexity index is 747. The number of carbonyl (C=O) groups excluding carboxylic acids is 3. The smallest absolute Gasteiger partial charge is 0.255 e. The van der Waals surface area contributed by atoms with Crippen molar-refractivity contribution >= 4 is 17.7 Å². The fourth-order valence-electron chi connectivity index (χ4n) is 3.29. The molecule has 1 aromatic rings. The van der Waals surface area contributed by atoms with Gasteiger partial charge in [0, 0.05) is 37.2 Å². The molecule has 140 valence electrons. The van der Waals surface area contributed by atoms with Crippen molar-refractivity contribution in [2.45, 2.75) is 44.4 Å². The van der Waals surface area contributed by atoms with Gasteiger partial charge < -0.3 is 21.1 Å². The highest BCUT2D eigenvalue weighted by Crippen LogP contribution is 2.28. The first kappa shape index (κ1) is 18.5. The molecule has 5 N–H and O–H groups in total. The lowest BCUT2D eigenvalue weighted by Crippen LogP contribution is -2.52. The molecule has 3 rings (SSSR count). The molecule has 1 saturated heterocycles. The number of hydrogen-bond acceptors (Lipinski definition) is 6. The van der Waals surface area contributed by atoms with E-state index >= 15 is 0 Å². The number of aliphatic hydroxyl groups is 1.